The molecule has 2 fully saturated rings. The standard InChI is InChI=1S/C63H57F3N2/c1-40-24-30-54-52(36-40)58(2)32-14-16-34-60(58,4)68(54)45-27-29-49-51(39-45)62(41-18-8-6-9-19-41,42-20-10-7-11-21-42)57-48-28-26-44(38-50(48)46-22-12-13-23-47(46)56(49)57)67-55-31-25-43(63(64,65)66)37-53(55)59(3)33-15-17-35-61(59,67)5/h6-13,18-31,36-39H,14-17,32-35H2,1-5H3. The number of anilines is 4. The minimum absolute atomic E-state index is 0.0112. The number of benzene rings is 8. The van der Waals surface area contributed by atoms with Crippen LogP contribution in [-0.4, -0.2) is 11.1 Å². The van der Waals surface area contributed by atoms with Gasteiger partial charge in [-0.3, -0.25) is 0 Å². The van der Waals surface area contributed by atoms with Crippen LogP contribution in [0.3, 0.4) is 0 Å². The van der Waals surface area contributed by atoms with Crippen molar-refractivity contribution in [1.29, 1.82) is 0 Å². The molecule has 5 heteroatoms. The molecule has 0 radical (unpaired) electrons. The van der Waals surface area contributed by atoms with E-state index in [0.29, 0.717) is 0 Å². The van der Waals surface area contributed by atoms with Crippen LogP contribution in [0.5, 0.6) is 0 Å². The SMILES string of the molecule is Cc1ccc2c(c1)C1(C)CCCCC1(C)N2c1ccc2c(c1)C(c1ccccc1)(c1ccccc1)c1c-2c2ccccc2c2cc(N3c4ccc(C(F)(F)F)cc4C4(C)CCCCC34C)ccc12. The molecule has 0 N–H and O–H groups in total. The zero-order chi connectivity index (χ0) is 46.6. The number of aryl methyl sites for hydroxylation is 1. The highest BCUT2D eigenvalue weighted by Crippen LogP contribution is 2.66. The molecule has 0 amide bonds. The van der Waals surface area contributed by atoms with Crippen LogP contribution in [0.4, 0.5) is 35.9 Å². The molecule has 4 unspecified atom stereocenters. The normalized spacial score (nSPS) is 25.5. The summed E-state index contributed by atoms with van der Waals surface area (Å²) in [5.41, 5.74) is 13.3. The summed E-state index contributed by atoms with van der Waals surface area (Å²) >= 11 is 0. The summed E-state index contributed by atoms with van der Waals surface area (Å²) in [5.74, 6) is 0. The van der Waals surface area contributed by atoms with Crippen molar-refractivity contribution in [2.45, 2.75) is 119 Å². The average molecular weight is 899 g/mol. The van der Waals surface area contributed by atoms with Crippen molar-refractivity contribution >= 4 is 44.3 Å². The Bertz CT molecular complexity index is 3350. The van der Waals surface area contributed by atoms with Crippen LogP contribution in [0.2, 0.25) is 0 Å². The molecule has 2 saturated carbocycles. The number of hydrogen-bond donors (Lipinski definition) is 0. The second-order valence-corrected chi connectivity index (χ2v) is 21.8. The second kappa shape index (κ2) is 14.1. The smallest absolute Gasteiger partial charge is 0.334 e. The summed E-state index contributed by atoms with van der Waals surface area (Å²) in [6.07, 6.45) is 4.09. The molecule has 2 aliphatic heterocycles. The lowest BCUT2D eigenvalue weighted by atomic mass is 9.61. The van der Waals surface area contributed by atoms with E-state index < -0.39 is 28.1 Å². The zero-order valence-corrected chi connectivity index (χ0v) is 39.7. The molecule has 5 aliphatic rings. The summed E-state index contributed by atoms with van der Waals surface area (Å²) in [5, 5.41) is 4.71. The summed E-state index contributed by atoms with van der Waals surface area (Å²) in [4.78, 5) is 5.14. The van der Waals surface area contributed by atoms with Gasteiger partial charge in [-0.2, -0.15) is 13.2 Å². The largest absolute Gasteiger partial charge is 0.416 e. The van der Waals surface area contributed by atoms with Crippen molar-refractivity contribution in [2.75, 3.05) is 9.80 Å². The molecule has 4 atom stereocenters. The van der Waals surface area contributed by atoms with Crippen molar-refractivity contribution < 1.29 is 13.2 Å². The molecule has 68 heavy (non-hydrogen) atoms. The quantitative estimate of drug-likeness (QED) is 0.162. The number of alkyl halides is 3. The highest BCUT2D eigenvalue weighted by atomic mass is 19.4. The summed E-state index contributed by atoms with van der Waals surface area (Å²) < 4.78 is 43.2. The highest BCUT2D eigenvalue weighted by Gasteiger charge is 2.60. The van der Waals surface area contributed by atoms with Gasteiger partial charge in [0.1, 0.15) is 0 Å². The van der Waals surface area contributed by atoms with Crippen LogP contribution in [0, 0.1) is 6.92 Å². The Hall–Kier alpha value is -6.33. The average Bonchev–Trinajstić information content (AvgIpc) is 3.85. The number of fused-ring (bicyclic) bond motifs is 14. The molecule has 2 nitrogen and oxygen atoms in total. The topological polar surface area (TPSA) is 6.48 Å². The van der Waals surface area contributed by atoms with E-state index in [2.05, 4.69) is 184 Å². The van der Waals surface area contributed by atoms with E-state index in [4.69, 9.17) is 0 Å². The number of nitrogens with zero attached hydrogens (tertiary/aromatic N) is 2. The van der Waals surface area contributed by atoms with Gasteiger partial charge in [0.05, 0.1) is 22.1 Å². The summed E-state index contributed by atoms with van der Waals surface area (Å²) in [6.45, 7) is 11.8. The van der Waals surface area contributed by atoms with Gasteiger partial charge in [-0.15, -0.1) is 0 Å². The Kier molecular flexibility index (Phi) is 8.69. The van der Waals surface area contributed by atoms with Gasteiger partial charge in [0, 0.05) is 33.6 Å². The Morgan fingerprint density at radius 1 is 0.456 bits per heavy atom. The monoisotopic (exact) mass is 898 g/mol. The number of hydrogen-bond acceptors (Lipinski definition) is 2. The van der Waals surface area contributed by atoms with E-state index in [1.807, 2.05) is 0 Å². The van der Waals surface area contributed by atoms with Gasteiger partial charge < -0.3 is 9.80 Å². The maximum absolute atomic E-state index is 14.4. The predicted octanol–water partition coefficient (Wildman–Crippen LogP) is 17.2. The molecule has 8 aromatic rings. The molecule has 8 aromatic carbocycles. The molecular weight excluding hydrogens is 842 g/mol. The van der Waals surface area contributed by atoms with Crippen LogP contribution < -0.4 is 9.80 Å². The molecule has 13 rings (SSSR count). The molecule has 0 spiro atoms. The summed E-state index contributed by atoms with van der Waals surface area (Å²) in [6, 6.07) is 57.2. The fourth-order valence-corrected chi connectivity index (χ4v) is 15.0. The Morgan fingerprint density at radius 3 is 1.60 bits per heavy atom. The molecular formula is C63H57F3N2. The predicted molar refractivity (Wildman–Crippen MR) is 274 cm³/mol. The van der Waals surface area contributed by atoms with Crippen LogP contribution in [0.15, 0.2) is 158 Å². The van der Waals surface area contributed by atoms with Gasteiger partial charge in [0.15, 0.2) is 0 Å². The van der Waals surface area contributed by atoms with E-state index in [0.717, 1.165) is 54.4 Å². The van der Waals surface area contributed by atoms with Crippen LogP contribution >= 0.6 is 0 Å². The Labute approximate surface area is 398 Å². The third-order valence-corrected chi connectivity index (χ3v) is 18.7. The fourth-order valence-electron chi connectivity index (χ4n) is 15.0. The lowest BCUT2D eigenvalue weighted by Gasteiger charge is -2.50. The zero-order valence-electron chi connectivity index (χ0n) is 39.7. The molecule has 3 aliphatic carbocycles. The molecule has 340 valence electrons. The highest BCUT2D eigenvalue weighted by molar-refractivity contribution is 6.20. The first-order valence-corrected chi connectivity index (χ1v) is 24.9. The minimum Gasteiger partial charge on any atom is -0.334 e. The first-order chi connectivity index (χ1) is 32.7. The fraction of sp³-hybridized carbons (Fsp3) is 0.302. The van der Waals surface area contributed by atoms with Crippen molar-refractivity contribution in [3.05, 3.63) is 202 Å². The molecule has 2 heterocycles. The van der Waals surface area contributed by atoms with Gasteiger partial charge in [0.2, 0.25) is 0 Å². The molecule has 0 saturated heterocycles. The second-order valence-electron chi connectivity index (χ2n) is 21.8. The molecule has 0 bridgehead atoms. The van der Waals surface area contributed by atoms with E-state index in [1.54, 1.807) is 6.07 Å². The first kappa shape index (κ1) is 41.8. The van der Waals surface area contributed by atoms with Gasteiger partial charge in [-0.05, 0) is 161 Å². The minimum atomic E-state index is -4.42. The number of halogens is 3. The van der Waals surface area contributed by atoms with Gasteiger partial charge >= 0.3 is 6.18 Å². The van der Waals surface area contributed by atoms with Gasteiger partial charge in [-0.1, -0.05) is 154 Å². The van der Waals surface area contributed by atoms with Crippen LogP contribution in [0.25, 0.3) is 32.7 Å². The third-order valence-electron chi connectivity index (χ3n) is 18.7. The van der Waals surface area contributed by atoms with Gasteiger partial charge in [0.25, 0.3) is 0 Å². The van der Waals surface area contributed by atoms with E-state index in [1.165, 1.54) is 103 Å². The lowest BCUT2D eigenvalue weighted by molar-refractivity contribution is -0.137. The van der Waals surface area contributed by atoms with E-state index >= 15 is 0 Å². The van der Waals surface area contributed by atoms with Crippen molar-refractivity contribution in [1.82, 2.24) is 0 Å². The Morgan fingerprint density at radius 2 is 0.985 bits per heavy atom. The maximum atomic E-state index is 14.4. The Balaban J connectivity index is 1.10. The molecule has 0 aromatic heterocycles. The van der Waals surface area contributed by atoms with Crippen molar-refractivity contribution in [3.8, 4) is 11.1 Å². The van der Waals surface area contributed by atoms with Crippen LogP contribution in [-0.2, 0) is 22.4 Å². The van der Waals surface area contributed by atoms with Gasteiger partial charge in [-0.25, -0.2) is 0 Å². The van der Waals surface area contributed by atoms with Crippen LogP contribution in [0.1, 0.15) is 124 Å². The maximum Gasteiger partial charge on any atom is 0.416 e. The summed E-state index contributed by atoms with van der Waals surface area (Å²) in [7, 11) is 0. The lowest BCUT2D eigenvalue weighted by Crippen LogP contribution is -2.54. The van der Waals surface area contributed by atoms with Crippen molar-refractivity contribution in [2.24, 2.45) is 0 Å². The third kappa shape index (κ3) is 5.20. The van der Waals surface area contributed by atoms with E-state index in [9.17, 15) is 13.2 Å². The number of rotatable bonds is 4. The van der Waals surface area contributed by atoms with E-state index in [-0.39, 0.29) is 11.0 Å². The van der Waals surface area contributed by atoms with Crippen molar-refractivity contribution in [3.63, 3.8) is 0 Å². The first-order valence-electron chi connectivity index (χ1n) is 24.9.